The number of carboxylic acids is 1. The first-order chi connectivity index (χ1) is 9.67. The number of carbonyl (C=O) groups excluding carboxylic acids is 1. The molecule has 0 spiro atoms. The van der Waals surface area contributed by atoms with Crippen molar-refractivity contribution in [1.29, 1.82) is 0 Å². The number of aromatic nitrogens is 3. The molecule has 1 saturated heterocycles. The third kappa shape index (κ3) is 4.25. The van der Waals surface area contributed by atoms with Gasteiger partial charge in [0, 0.05) is 6.20 Å². The molecule has 1 aliphatic heterocycles. The SMILES string of the molecule is CC1(NC(=O)Cn2cc(CC(=O)O)nn2)CCS(=O)(=O)C1. The predicted molar refractivity (Wildman–Crippen MR) is 71.2 cm³/mol. The van der Waals surface area contributed by atoms with Crippen LogP contribution in [0.1, 0.15) is 19.0 Å². The lowest BCUT2D eigenvalue weighted by atomic mass is 10.0. The Kier molecular flexibility index (Phi) is 3.99. The Morgan fingerprint density at radius 2 is 2.24 bits per heavy atom. The fourth-order valence-corrected chi connectivity index (χ4v) is 4.38. The van der Waals surface area contributed by atoms with Gasteiger partial charge in [-0.2, -0.15) is 0 Å². The van der Waals surface area contributed by atoms with Crippen LogP contribution in [-0.4, -0.2) is 57.4 Å². The maximum atomic E-state index is 11.9. The van der Waals surface area contributed by atoms with E-state index in [1.807, 2.05) is 0 Å². The molecular weight excluding hydrogens is 300 g/mol. The van der Waals surface area contributed by atoms with Gasteiger partial charge >= 0.3 is 5.97 Å². The van der Waals surface area contributed by atoms with Crippen LogP contribution in [-0.2, 0) is 32.4 Å². The molecule has 0 radical (unpaired) electrons. The summed E-state index contributed by atoms with van der Waals surface area (Å²) >= 11 is 0. The van der Waals surface area contributed by atoms with Crippen LogP contribution in [0.3, 0.4) is 0 Å². The standard InChI is InChI=1S/C11H16N4O5S/c1-11(2-3-21(19,20)7-11)12-9(16)6-15-5-8(13-14-15)4-10(17)18/h5H,2-4,6-7H2,1H3,(H,12,16)(H,17,18). The van der Waals surface area contributed by atoms with E-state index in [0.717, 1.165) is 0 Å². The Hall–Kier alpha value is -1.97. The highest BCUT2D eigenvalue weighted by Crippen LogP contribution is 2.22. The van der Waals surface area contributed by atoms with E-state index in [1.165, 1.54) is 10.9 Å². The number of carboxylic acid groups (broad SMARTS) is 1. The highest BCUT2D eigenvalue weighted by atomic mass is 32.2. The number of nitrogens with zero attached hydrogens (tertiary/aromatic N) is 3. The van der Waals surface area contributed by atoms with Gasteiger partial charge in [0.05, 0.1) is 29.2 Å². The summed E-state index contributed by atoms with van der Waals surface area (Å²) in [5.41, 5.74) is -0.509. The summed E-state index contributed by atoms with van der Waals surface area (Å²) < 4.78 is 24.1. The fourth-order valence-electron chi connectivity index (χ4n) is 2.28. The zero-order valence-electron chi connectivity index (χ0n) is 11.4. The van der Waals surface area contributed by atoms with Gasteiger partial charge in [-0.3, -0.25) is 9.59 Å². The minimum Gasteiger partial charge on any atom is -0.481 e. The quantitative estimate of drug-likeness (QED) is 0.682. The second kappa shape index (κ2) is 5.43. The molecule has 116 valence electrons. The van der Waals surface area contributed by atoms with Crippen LogP contribution in [0.2, 0.25) is 0 Å². The number of hydrogen-bond acceptors (Lipinski definition) is 6. The molecule has 1 atom stereocenters. The van der Waals surface area contributed by atoms with Crippen LogP contribution in [0.4, 0.5) is 0 Å². The highest BCUT2D eigenvalue weighted by molar-refractivity contribution is 7.91. The van der Waals surface area contributed by atoms with E-state index in [1.54, 1.807) is 6.92 Å². The van der Waals surface area contributed by atoms with Crippen molar-refractivity contribution >= 4 is 21.7 Å². The van der Waals surface area contributed by atoms with E-state index in [4.69, 9.17) is 5.11 Å². The number of carbonyl (C=O) groups is 2. The van der Waals surface area contributed by atoms with Gasteiger partial charge in [-0.05, 0) is 13.3 Å². The predicted octanol–water partition coefficient (Wildman–Crippen LogP) is -1.40. The molecule has 0 bridgehead atoms. The lowest BCUT2D eigenvalue weighted by Crippen LogP contribution is -2.48. The average molecular weight is 316 g/mol. The molecule has 21 heavy (non-hydrogen) atoms. The number of rotatable bonds is 5. The monoisotopic (exact) mass is 316 g/mol. The third-order valence-electron chi connectivity index (χ3n) is 3.17. The maximum absolute atomic E-state index is 11.9. The van der Waals surface area contributed by atoms with Crippen molar-refractivity contribution in [2.75, 3.05) is 11.5 Å². The van der Waals surface area contributed by atoms with E-state index in [9.17, 15) is 18.0 Å². The zero-order valence-corrected chi connectivity index (χ0v) is 12.3. The van der Waals surface area contributed by atoms with Gasteiger partial charge in [0.25, 0.3) is 0 Å². The lowest BCUT2D eigenvalue weighted by molar-refractivity contribution is -0.136. The van der Waals surface area contributed by atoms with Crippen LogP contribution in [0, 0.1) is 0 Å². The number of nitrogens with one attached hydrogen (secondary N) is 1. The van der Waals surface area contributed by atoms with Crippen molar-refractivity contribution in [3.05, 3.63) is 11.9 Å². The van der Waals surface area contributed by atoms with Gasteiger partial charge in [-0.1, -0.05) is 5.21 Å². The number of hydrogen-bond donors (Lipinski definition) is 2. The number of sulfone groups is 1. The average Bonchev–Trinajstić information content (AvgIpc) is 2.82. The van der Waals surface area contributed by atoms with E-state index < -0.39 is 21.3 Å². The van der Waals surface area contributed by atoms with Crippen molar-refractivity contribution < 1.29 is 23.1 Å². The molecule has 1 unspecified atom stereocenters. The van der Waals surface area contributed by atoms with Crippen molar-refractivity contribution in [2.24, 2.45) is 0 Å². The van der Waals surface area contributed by atoms with Gasteiger partial charge in [-0.25, -0.2) is 13.1 Å². The van der Waals surface area contributed by atoms with Crippen LogP contribution in [0.25, 0.3) is 0 Å². The fraction of sp³-hybridized carbons (Fsp3) is 0.636. The van der Waals surface area contributed by atoms with Crippen LogP contribution in [0.15, 0.2) is 6.20 Å². The van der Waals surface area contributed by atoms with Crippen molar-refractivity contribution in [2.45, 2.75) is 31.8 Å². The minimum absolute atomic E-state index is 0.0653. The molecule has 1 aromatic heterocycles. The summed E-state index contributed by atoms with van der Waals surface area (Å²) in [6.45, 7) is 1.55. The summed E-state index contributed by atoms with van der Waals surface area (Å²) in [7, 11) is -3.10. The summed E-state index contributed by atoms with van der Waals surface area (Å²) in [5.74, 6) is -1.43. The molecular formula is C11H16N4O5S. The summed E-state index contributed by atoms with van der Waals surface area (Å²) in [6.07, 6.45) is 1.49. The smallest absolute Gasteiger partial charge is 0.309 e. The van der Waals surface area contributed by atoms with Gasteiger partial charge in [0.15, 0.2) is 9.84 Å². The Morgan fingerprint density at radius 3 is 2.81 bits per heavy atom. The van der Waals surface area contributed by atoms with E-state index in [0.29, 0.717) is 6.42 Å². The lowest BCUT2D eigenvalue weighted by Gasteiger charge is -2.23. The molecule has 0 saturated carbocycles. The number of aliphatic carboxylic acids is 1. The van der Waals surface area contributed by atoms with E-state index >= 15 is 0 Å². The van der Waals surface area contributed by atoms with Gasteiger partial charge in [-0.15, -0.1) is 5.10 Å². The van der Waals surface area contributed by atoms with Gasteiger partial charge < -0.3 is 10.4 Å². The Labute approximate surface area is 121 Å². The first kappa shape index (κ1) is 15.4. The van der Waals surface area contributed by atoms with Crippen LogP contribution in [0.5, 0.6) is 0 Å². The Bertz CT molecular complexity index is 668. The Morgan fingerprint density at radius 1 is 1.52 bits per heavy atom. The summed E-state index contributed by atoms with van der Waals surface area (Å²) in [4.78, 5) is 22.4. The molecule has 0 aliphatic carbocycles. The second-order valence-electron chi connectivity index (χ2n) is 5.43. The topological polar surface area (TPSA) is 131 Å². The van der Waals surface area contributed by atoms with Crippen molar-refractivity contribution in [3.8, 4) is 0 Å². The highest BCUT2D eigenvalue weighted by Gasteiger charge is 2.39. The molecule has 2 rings (SSSR count). The molecule has 10 heteroatoms. The Balaban J connectivity index is 1.93. The maximum Gasteiger partial charge on any atom is 0.309 e. The normalized spacial score (nSPS) is 23.9. The van der Waals surface area contributed by atoms with E-state index in [-0.39, 0.29) is 36.1 Å². The van der Waals surface area contributed by atoms with Crippen LogP contribution < -0.4 is 5.32 Å². The van der Waals surface area contributed by atoms with Crippen molar-refractivity contribution in [3.63, 3.8) is 0 Å². The van der Waals surface area contributed by atoms with Crippen molar-refractivity contribution in [1.82, 2.24) is 20.3 Å². The zero-order chi connectivity index (χ0) is 15.7. The molecule has 2 N–H and O–H groups in total. The first-order valence-corrected chi connectivity index (χ1v) is 8.12. The number of amides is 1. The molecule has 1 aliphatic rings. The van der Waals surface area contributed by atoms with Gasteiger partial charge in [0.1, 0.15) is 6.54 Å². The largest absolute Gasteiger partial charge is 0.481 e. The van der Waals surface area contributed by atoms with Crippen LogP contribution >= 0.6 is 0 Å². The molecule has 0 aromatic carbocycles. The summed E-state index contributed by atoms with van der Waals surface area (Å²) in [5, 5.41) is 18.6. The first-order valence-electron chi connectivity index (χ1n) is 6.30. The van der Waals surface area contributed by atoms with Gasteiger partial charge in [0.2, 0.25) is 5.91 Å². The van der Waals surface area contributed by atoms with E-state index in [2.05, 4.69) is 15.6 Å². The second-order valence-corrected chi connectivity index (χ2v) is 7.61. The molecule has 2 heterocycles. The molecule has 1 amide bonds. The molecule has 1 fully saturated rings. The third-order valence-corrected chi connectivity index (χ3v) is 5.07. The minimum atomic E-state index is -3.10. The summed E-state index contributed by atoms with van der Waals surface area (Å²) in [6, 6.07) is 0. The molecule has 9 nitrogen and oxygen atoms in total. The molecule has 1 aromatic rings.